The van der Waals surface area contributed by atoms with Gasteiger partial charge in [-0.3, -0.25) is 0 Å². The van der Waals surface area contributed by atoms with Gasteiger partial charge in [0, 0.05) is 11.5 Å². The number of rotatable bonds is 2. The highest BCUT2D eigenvalue weighted by molar-refractivity contribution is 5.88. The van der Waals surface area contributed by atoms with Crippen molar-refractivity contribution in [3.63, 3.8) is 0 Å². The molecule has 0 spiro atoms. The number of esters is 1. The van der Waals surface area contributed by atoms with Crippen LogP contribution in [0.2, 0.25) is 0 Å². The second-order valence-electron chi connectivity index (χ2n) is 3.94. The van der Waals surface area contributed by atoms with Crippen LogP contribution >= 0.6 is 0 Å². The monoisotopic (exact) mass is 214 g/mol. The molecule has 0 amide bonds. The average molecular weight is 214 g/mol. The molecule has 2 heteroatoms. The molecule has 1 aliphatic rings. The highest BCUT2D eigenvalue weighted by atomic mass is 16.5. The smallest absolute Gasteiger partial charge is 0.334 e. The molecule has 0 bridgehead atoms. The Labute approximate surface area is 95.2 Å². The lowest BCUT2D eigenvalue weighted by Gasteiger charge is -2.30. The van der Waals surface area contributed by atoms with E-state index in [0.717, 1.165) is 5.56 Å². The van der Waals surface area contributed by atoms with E-state index in [0.29, 0.717) is 12.0 Å². The molecular weight excluding hydrogens is 200 g/mol. The van der Waals surface area contributed by atoms with Crippen molar-refractivity contribution in [3.8, 4) is 0 Å². The van der Waals surface area contributed by atoms with Crippen LogP contribution in [-0.4, -0.2) is 5.97 Å². The number of hydrogen-bond acceptors (Lipinski definition) is 2. The standard InChI is InChI=1S/C14H14O2/c1-3-11-9-10(2)14(15)16-13(11)12-7-5-4-6-8-12/h3-8,11,13H,1-2,9H2/t11-,13+/m0/s1. The molecular formula is C14H14O2. The van der Waals surface area contributed by atoms with E-state index in [1.165, 1.54) is 0 Å². The molecule has 1 aromatic carbocycles. The molecule has 1 heterocycles. The summed E-state index contributed by atoms with van der Waals surface area (Å²) in [6.07, 6.45) is 2.23. The predicted octanol–water partition coefficient (Wildman–Crippen LogP) is 3.03. The van der Waals surface area contributed by atoms with Gasteiger partial charge in [0.2, 0.25) is 0 Å². The Morgan fingerprint density at radius 3 is 2.62 bits per heavy atom. The molecule has 0 saturated carbocycles. The van der Waals surface area contributed by atoms with Crippen molar-refractivity contribution in [2.45, 2.75) is 12.5 Å². The third-order valence-electron chi connectivity index (χ3n) is 2.82. The van der Waals surface area contributed by atoms with Crippen molar-refractivity contribution in [3.05, 3.63) is 60.7 Å². The largest absolute Gasteiger partial charge is 0.453 e. The molecule has 2 atom stereocenters. The summed E-state index contributed by atoms with van der Waals surface area (Å²) in [7, 11) is 0. The first-order chi connectivity index (χ1) is 7.72. The minimum absolute atomic E-state index is 0.118. The summed E-state index contributed by atoms with van der Waals surface area (Å²) in [4.78, 5) is 11.5. The Bertz CT molecular complexity index is 420. The Morgan fingerprint density at radius 1 is 1.31 bits per heavy atom. The van der Waals surface area contributed by atoms with E-state index < -0.39 is 0 Å². The second-order valence-corrected chi connectivity index (χ2v) is 3.94. The van der Waals surface area contributed by atoms with Gasteiger partial charge in [-0.25, -0.2) is 4.79 Å². The molecule has 0 aliphatic carbocycles. The lowest BCUT2D eigenvalue weighted by atomic mass is 9.88. The van der Waals surface area contributed by atoms with Crippen LogP contribution in [0.3, 0.4) is 0 Å². The van der Waals surface area contributed by atoms with Crippen LogP contribution in [0.1, 0.15) is 18.1 Å². The molecule has 0 aromatic heterocycles. The minimum Gasteiger partial charge on any atom is -0.453 e. The molecule has 1 aromatic rings. The van der Waals surface area contributed by atoms with Gasteiger partial charge in [-0.05, 0) is 12.0 Å². The molecule has 0 radical (unpaired) electrons. The van der Waals surface area contributed by atoms with E-state index in [9.17, 15) is 4.79 Å². The Hall–Kier alpha value is -1.83. The zero-order valence-electron chi connectivity index (χ0n) is 9.06. The third-order valence-corrected chi connectivity index (χ3v) is 2.82. The van der Waals surface area contributed by atoms with Gasteiger partial charge in [-0.15, -0.1) is 6.58 Å². The third kappa shape index (κ3) is 1.91. The van der Waals surface area contributed by atoms with Gasteiger partial charge in [-0.2, -0.15) is 0 Å². The number of carbonyl (C=O) groups excluding carboxylic acids is 1. The first-order valence-electron chi connectivity index (χ1n) is 5.28. The van der Waals surface area contributed by atoms with Crippen molar-refractivity contribution in [1.29, 1.82) is 0 Å². The van der Waals surface area contributed by atoms with E-state index in [4.69, 9.17) is 4.74 Å². The number of hydrogen-bond donors (Lipinski definition) is 0. The summed E-state index contributed by atoms with van der Waals surface area (Å²) < 4.78 is 5.38. The summed E-state index contributed by atoms with van der Waals surface area (Å²) in [5, 5.41) is 0. The number of cyclic esters (lactones) is 1. The van der Waals surface area contributed by atoms with E-state index in [1.807, 2.05) is 36.4 Å². The van der Waals surface area contributed by atoms with E-state index in [2.05, 4.69) is 13.2 Å². The SMILES string of the molecule is C=C[C@H]1CC(=C)C(=O)O[C@H]1c1ccccc1. The first-order valence-corrected chi connectivity index (χ1v) is 5.28. The van der Waals surface area contributed by atoms with Gasteiger partial charge in [0.05, 0.1) is 0 Å². The van der Waals surface area contributed by atoms with E-state index >= 15 is 0 Å². The number of ether oxygens (including phenoxy) is 1. The Morgan fingerprint density at radius 2 is 2.00 bits per heavy atom. The lowest BCUT2D eigenvalue weighted by molar-refractivity contribution is -0.150. The van der Waals surface area contributed by atoms with Gasteiger partial charge in [0.1, 0.15) is 6.10 Å². The summed E-state index contributed by atoms with van der Waals surface area (Å²) in [5.74, 6) is -0.181. The maximum Gasteiger partial charge on any atom is 0.334 e. The number of benzene rings is 1. The van der Waals surface area contributed by atoms with Crippen molar-refractivity contribution in [2.75, 3.05) is 0 Å². The van der Waals surface area contributed by atoms with Gasteiger partial charge in [-0.1, -0.05) is 43.0 Å². The van der Waals surface area contributed by atoms with Crippen LogP contribution in [0, 0.1) is 5.92 Å². The van der Waals surface area contributed by atoms with Gasteiger partial charge in [0.25, 0.3) is 0 Å². The van der Waals surface area contributed by atoms with Crippen LogP contribution < -0.4 is 0 Å². The average Bonchev–Trinajstić information content (AvgIpc) is 2.33. The van der Waals surface area contributed by atoms with Crippen molar-refractivity contribution in [2.24, 2.45) is 5.92 Å². The summed E-state index contributed by atoms with van der Waals surface area (Å²) >= 11 is 0. The van der Waals surface area contributed by atoms with Crippen LogP contribution in [-0.2, 0) is 9.53 Å². The summed E-state index contributed by atoms with van der Waals surface area (Å²) in [6, 6.07) is 9.74. The fourth-order valence-electron chi connectivity index (χ4n) is 1.93. The van der Waals surface area contributed by atoms with Crippen LogP contribution in [0.4, 0.5) is 0 Å². The molecule has 1 aliphatic heterocycles. The topological polar surface area (TPSA) is 26.3 Å². The van der Waals surface area contributed by atoms with Crippen LogP contribution in [0.5, 0.6) is 0 Å². The molecule has 0 unspecified atom stereocenters. The number of carbonyl (C=O) groups is 1. The Kier molecular flexibility index (Phi) is 2.91. The lowest BCUT2D eigenvalue weighted by Crippen LogP contribution is -2.26. The molecule has 2 nitrogen and oxygen atoms in total. The Balaban J connectivity index is 2.29. The van der Waals surface area contributed by atoms with Crippen LogP contribution in [0.25, 0.3) is 0 Å². The quantitative estimate of drug-likeness (QED) is 0.429. The fraction of sp³-hybridized carbons (Fsp3) is 0.214. The molecule has 1 fully saturated rings. The normalized spacial score (nSPS) is 25.0. The molecule has 2 rings (SSSR count). The molecule has 0 N–H and O–H groups in total. The molecule has 1 saturated heterocycles. The summed E-state index contributed by atoms with van der Waals surface area (Å²) in [5.41, 5.74) is 1.53. The maximum atomic E-state index is 11.5. The van der Waals surface area contributed by atoms with Crippen molar-refractivity contribution < 1.29 is 9.53 Å². The fourth-order valence-corrected chi connectivity index (χ4v) is 1.93. The zero-order valence-corrected chi connectivity index (χ0v) is 9.06. The van der Waals surface area contributed by atoms with Gasteiger partial charge >= 0.3 is 5.97 Å². The highest BCUT2D eigenvalue weighted by Crippen LogP contribution is 2.36. The van der Waals surface area contributed by atoms with Gasteiger partial charge < -0.3 is 4.74 Å². The predicted molar refractivity (Wildman–Crippen MR) is 62.7 cm³/mol. The molecule has 82 valence electrons. The van der Waals surface area contributed by atoms with Crippen molar-refractivity contribution in [1.82, 2.24) is 0 Å². The van der Waals surface area contributed by atoms with Crippen molar-refractivity contribution >= 4 is 5.97 Å². The van der Waals surface area contributed by atoms with E-state index in [-0.39, 0.29) is 18.0 Å². The zero-order chi connectivity index (χ0) is 11.5. The van der Waals surface area contributed by atoms with E-state index in [1.54, 1.807) is 0 Å². The highest BCUT2D eigenvalue weighted by Gasteiger charge is 2.32. The minimum atomic E-state index is -0.299. The summed E-state index contributed by atoms with van der Waals surface area (Å²) in [6.45, 7) is 7.49. The van der Waals surface area contributed by atoms with Crippen LogP contribution in [0.15, 0.2) is 55.1 Å². The maximum absolute atomic E-state index is 11.5. The van der Waals surface area contributed by atoms with Gasteiger partial charge in [0.15, 0.2) is 0 Å². The molecule has 16 heavy (non-hydrogen) atoms. The second kappa shape index (κ2) is 4.35. The first kappa shape index (κ1) is 10.7.